The fourth-order valence-corrected chi connectivity index (χ4v) is 3.01. The van der Waals surface area contributed by atoms with Crippen molar-refractivity contribution in [3.63, 3.8) is 0 Å². The number of guanidine groups is 1. The number of morpholine rings is 1. The van der Waals surface area contributed by atoms with E-state index in [4.69, 9.17) is 9.47 Å². The van der Waals surface area contributed by atoms with E-state index in [1.54, 1.807) is 19.2 Å². The first-order chi connectivity index (χ1) is 13.4. The Kier molecular flexibility index (Phi) is 10.9. The van der Waals surface area contributed by atoms with Crippen LogP contribution >= 0.6 is 24.0 Å². The molecule has 1 aromatic carbocycles. The third-order valence-corrected chi connectivity index (χ3v) is 4.68. The molecule has 1 saturated heterocycles. The van der Waals surface area contributed by atoms with E-state index in [9.17, 15) is 8.78 Å². The van der Waals surface area contributed by atoms with Crippen LogP contribution in [0.2, 0.25) is 0 Å². The minimum Gasteiger partial charge on any atom is -0.493 e. The highest BCUT2D eigenvalue weighted by molar-refractivity contribution is 14.0. The maximum atomic E-state index is 12.6. The van der Waals surface area contributed by atoms with Crippen LogP contribution in [0.1, 0.15) is 19.4 Å². The second-order valence-corrected chi connectivity index (χ2v) is 7.05. The lowest BCUT2D eigenvalue weighted by atomic mass is 10.0. The van der Waals surface area contributed by atoms with E-state index in [0.29, 0.717) is 19.0 Å². The smallest absolute Gasteiger partial charge is 0.387 e. The molecule has 166 valence electrons. The summed E-state index contributed by atoms with van der Waals surface area (Å²) in [6.45, 7) is 5.85. The third kappa shape index (κ3) is 8.09. The standard InChI is InChI=1S/C19H30F2N4O3.HI/c1-19(2,25-7-9-27-10-8-25)13-24-18(22-3)23-12-14-5-6-15(26-4)16(11-14)28-17(20)21;/h5-6,11,17H,7-10,12-13H2,1-4H3,(H2,22,23,24);1H. The molecule has 7 nitrogen and oxygen atoms in total. The summed E-state index contributed by atoms with van der Waals surface area (Å²) in [5, 5.41) is 6.52. The average Bonchev–Trinajstić information content (AvgIpc) is 2.68. The average molecular weight is 528 g/mol. The summed E-state index contributed by atoms with van der Waals surface area (Å²) in [6, 6.07) is 4.92. The van der Waals surface area contributed by atoms with Gasteiger partial charge in [-0.25, -0.2) is 0 Å². The van der Waals surface area contributed by atoms with Gasteiger partial charge in [0.25, 0.3) is 0 Å². The molecule has 0 aliphatic carbocycles. The summed E-state index contributed by atoms with van der Waals surface area (Å²) in [5.74, 6) is 0.903. The van der Waals surface area contributed by atoms with Crippen molar-refractivity contribution in [3.8, 4) is 11.5 Å². The number of hydrogen-bond donors (Lipinski definition) is 2. The predicted octanol–water partition coefficient (Wildman–Crippen LogP) is 2.69. The third-order valence-electron chi connectivity index (χ3n) is 4.68. The molecule has 0 saturated carbocycles. The van der Waals surface area contributed by atoms with Crippen LogP contribution in [0.4, 0.5) is 8.78 Å². The summed E-state index contributed by atoms with van der Waals surface area (Å²) in [7, 11) is 3.10. The van der Waals surface area contributed by atoms with Gasteiger partial charge in [0, 0.05) is 38.8 Å². The maximum absolute atomic E-state index is 12.6. The predicted molar refractivity (Wildman–Crippen MR) is 120 cm³/mol. The van der Waals surface area contributed by atoms with Gasteiger partial charge in [-0.1, -0.05) is 6.07 Å². The number of aliphatic imine (C=N–C) groups is 1. The Morgan fingerprint density at radius 3 is 2.52 bits per heavy atom. The number of hydrogen-bond acceptors (Lipinski definition) is 5. The van der Waals surface area contributed by atoms with Gasteiger partial charge in [0.15, 0.2) is 17.5 Å². The van der Waals surface area contributed by atoms with Crippen LogP contribution in [0, 0.1) is 0 Å². The number of methoxy groups -OCH3 is 1. The number of nitrogens with one attached hydrogen (secondary N) is 2. The number of benzene rings is 1. The zero-order valence-electron chi connectivity index (χ0n) is 17.3. The molecule has 1 aliphatic rings. The molecule has 0 amide bonds. The van der Waals surface area contributed by atoms with Crippen LogP contribution < -0.4 is 20.1 Å². The van der Waals surface area contributed by atoms with Crippen molar-refractivity contribution < 1.29 is 23.0 Å². The Balaban J connectivity index is 0.00000420. The van der Waals surface area contributed by atoms with Crippen molar-refractivity contribution in [2.45, 2.75) is 32.5 Å². The largest absolute Gasteiger partial charge is 0.493 e. The topological polar surface area (TPSA) is 67.4 Å². The molecule has 1 heterocycles. The van der Waals surface area contributed by atoms with E-state index in [1.165, 1.54) is 13.2 Å². The molecular formula is C19H31F2IN4O3. The molecule has 0 bridgehead atoms. The highest BCUT2D eigenvalue weighted by Gasteiger charge is 2.28. The van der Waals surface area contributed by atoms with Crippen molar-refractivity contribution in [1.29, 1.82) is 0 Å². The SMILES string of the molecule is CN=C(NCc1ccc(OC)c(OC(F)F)c1)NCC(C)(C)N1CCOCC1.I. The monoisotopic (exact) mass is 528 g/mol. The zero-order valence-corrected chi connectivity index (χ0v) is 19.7. The van der Waals surface area contributed by atoms with Crippen molar-refractivity contribution in [2.75, 3.05) is 47.0 Å². The minimum absolute atomic E-state index is 0. The maximum Gasteiger partial charge on any atom is 0.387 e. The van der Waals surface area contributed by atoms with E-state index in [0.717, 1.165) is 31.9 Å². The number of ether oxygens (including phenoxy) is 3. The Hall–Kier alpha value is -1.40. The summed E-state index contributed by atoms with van der Waals surface area (Å²) >= 11 is 0. The van der Waals surface area contributed by atoms with Crippen LogP contribution in [0.3, 0.4) is 0 Å². The van der Waals surface area contributed by atoms with Crippen molar-refractivity contribution in [2.24, 2.45) is 4.99 Å². The van der Waals surface area contributed by atoms with Gasteiger partial charge in [-0.15, -0.1) is 24.0 Å². The van der Waals surface area contributed by atoms with E-state index in [1.807, 2.05) is 0 Å². The summed E-state index contributed by atoms with van der Waals surface area (Å²) < 4.78 is 40.1. The molecule has 1 aliphatic heterocycles. The van der Waals surface area contributed by atoms with Crippen LogP contribution in [0.15, 0.2) is 23.2 Å². The van der Waals surface area contributed by atoms with Gasteiger partial charge in [0.2, 0.25) is 0 Å². The molecule has 29 heavy (non-hydrogen) atoms. The van der Waals surface area contributed by atoms with Crippen molar-refractivity contribution in [3.05, 3.63) is 23.8 Å². The van der Waals surface area contributed by atoms with Gasteiger partial charge in [-0.3, -0.25) is 9.89 Å². The molecule has 0 radical (unpaired) electrons. The minimum atomic E-state index is -2.91. The molecule has 0 aromatic heterocycles. The zero-order chi connectivity index (χ0) is 20.6. The first-order valence-corrected chi connectivity index (χ1v) is 9.25. The molecule has 0 unspecified atom stereocenters. The van der Waals surface area contributed by atoms with Gasteiger partial charge in [0.05, 0.1) is 20.3 Å². The van der Waals surface area contributed by atoms with Gasteiger partial charge in [-0.05, 0) is 31.5 Å². The van der Waals surface area contributed by atoms with Crippen LogP contribution in [-0.2, 0) is 11.3 Å². The molecule has 2 N–H and O–H groups in total. The van der Waals surface area contributed by atoms with Crippen LogP contribution in [-0.4, -0.2) is 70.0 Å². The normalized spacial score (nSPS) is 15.6. The quantitative estimate of drug-likeness (QED) is 0.308. The van der Waals surface area contributed by atoms with Crippen molar-refractivity contribution in [1.82, 2.24) is 15.5 Å². The molecule has 1 aromatic rings. The Labute approximate surface area is 188 Å². The second-order valence-electron chi connectivity index (χ2n) is 7.05. The van der Waals surface area contributed by atoms with Gasteiger partial charge in [0.1, 0.15) is 0 Å². The molecule has 1 fully saturated rings. The first-order valence-electron chi connectivity index (χ1n) is 9.25. The fourth-order valence-electron chi connectivity index (χ4n) is 3.01. The Morgan fingerprint density at radius 2 is 1.93 bits per heavy atom. The second kappa shape index (κ2) is 12.3. The van der Waals surface area contributed by atoms with E-state index >= 15 is 0 Å². The first kappa shape index (κ1) is 25.6. The van der Waals surface area contributed by atoms with Crippen LogP contribution in [0.25, 0.3) is 0 Å². The highest BCUT2D eigenvalue weighted by atomic mass is 127. The molecule has 2 rings (SSSR count). The van der Waals surface area contributed by atoms with E-state index < -0.39 is 6.61 Å². The lowest BCUT2D eigenvalue weighted by molar-refractivity contribution is -0.0512. The number of nitrogens with zero attached hydrogens (tertiary/aromatic N) is 2. The van der Waals surface area contributed by atoms with Gasteiger partial charge < -0.3 is 24.8 Å². The highest BCUT2D eigenvalue weighted by Crippen LogP contribution is 2.29. The summed E-state index contributed by atoms with van der Waals surface area (Å²) in [5.41, 5.74) is 0.714. The molecule has 0 spiro atoms. The summed E-state index contributed by atoms with van der Waals surface area (Å²) in [4.78, 5) is 6.61. The van der Waals surface area contributed by atoms with Gasteiger partial charge in [-0.2, -0.15) is 8.78 Å². The van der Waals surface area contributed by atoms with E-state index in [-0.39, 0.29) is 41.0 Å². The lowest BCUT2D eigenvalue weighted by Gasteiger charge is -2.41. The van der Waals surface area contributed by atoms with Gasteiger partial charge >= 0.3 is 6.61 Å². The Morgan fingerprint density at radius 1 is 1.24 bits per heavy atom. The summed E-state index contributed by atoms with van der Waals surface area (Å²) in [6.07, 6.45) is 0. The number of rotatable bonds is 8. The molecule has 10 heteroatoms. The number of alkyl halides is 2. The fraction of sp³-hybridized carbons (Fsp3) is 0.632. The number of halogens is 3. The molecular weight excluding hydrogens is 497 g/mol. The van der Waals surface area contributed by atoms with Crippen molar-refractivity contribution >= 4 is 29.9 Å². The lowest BCUT2D eigenvalue weighted by Crippen LogP contribution is -2.56. The van der Waals surface area contributed by atoms with Crippen LogP contribution in [0.5, 0.6) is 11.5 Å². The van der Waals surface area contributed by atoms with E-state index in [2.05, 4.69) is 39.1 Å². The Bertz CT molecular complexity index is 656. The molecule has 0 atom stereocenters.